The number of hydrogen-bond donors (Lipinski definition) is 7. The van der Waals surface area contributed by atoms with Gasteiger partial charge >= 0.3 is 6.09 Å². The average molecular weight is 619 g/mol. The minimum absolute atomic E-state index is 0.203. The van der Waals surface area contributed by atoms with Crippen molar-refractivity contribution in [2.24, 2.45) is 0 Å². The molecule has 7 rings (SSSR count). The molecule has 0 aliphatic carbocycles. The van der Waals surface area contributed by atoms with Crippen LogP contribution in [0.1, 0.15) is 5.56 Å². The van der Waals surface area contributed by atoms with E-state index in [0.29, 0.717) is 57.2 Å². The SMILES string of the molecule is Nc1nccc(-c2c[nH]c3nccc(N4C[C@@H](O)[C@@H](O)C4)c23)n1.O=C(OCc1ccccc1)N1CC=CC1.O[C@@H]1CNC[C@@H]1O. The van der Waals surface area contributed by atoms with E-state index in [0.717, 1.165) is 22.2 Å². The molecule has 0 saturated carbocycles. The van der Waals surface area contributed by atoms with Gasteiger partial charge in [-0.1, -0.05) is 42.5 Å². The van der Waals surface area contributed by atoms with Gasteiger partial charge in [-0.05, 0) is 17.7 Å². The summed E-state index contributed by atoms with van der Waals surface area (Å²) in [6, 6.07) is 13.3. The number of aliphatic hydroxyl groups is 4. The number of nitrogens with two attached hydrogens (primary N) is 1. The fourth-order valence-electron chi connectivity index (χ4n) is 5.08. The number of nitrogens with one attached hydrogen (secondary N) is 2. The van der Waals surface area contributed by atoms with E-state index in [-0.39, 0.29) is 12.0 Å². The lowest BCUT2D eigenvalue weighted by Crippen LogP contribution is -2.28. The number of carbonyl (C=O) groups excluding carboxylic acids is 1. The van der Waals surface area contributed by atoms with Crippen LogP contribution in [0.25, 0.3) is 22.3 Å². The van der Waals surface area contributed by atoms with E-state index in [1.165, 1.54) is 0 Å². The predicted octanol–water partition coefficient (Wildman–Crippen LogP) is 0.650. The number of hydrogen-bond acceptors (Lipinski definition) is 12. The monoisotopic (exact) mass is 618 g/mol. The summed E-state index contributed by atoms with van der Waals surface area (Å²) in [5.41, 5.74) is 9.84. The molecule has 1 amide bonds. The zero-order chi connectivity index (χ0) is 31.8. The van der Waals surface area contributed by atoms with Gasteiger partial charge in [0.05, 0.1) is 41.2 Å². The van der Waals surface area contributed by atoms with E-state index in [1.54, 1.807) is 23.4 Å². The third-order valence-corrected chi connectivity index (χ3v) is 7.53. The van der Waals surface area contributed by atoms with Gasteiger partial charge in [-0.2, -0.15) is 0 Å². The van der Waals surface area contributed by atoms with Crippen molar-refractivity contribution in [3.05, 3.63) is 78.8 Å². The highest BCUT2D eigenvalue weighted by molar-refractivity contribution is 6.02. The minimum atomic E-state index is -0.754. The standard InChI is InChI=1S/C15H16N6O2.C12H13NO2.C4H9NO2/c16-15-18-3-1-9(20-15)8-5-19-14-13(8)10(2-4-17-14)21-6-11(22)12(23)7-21;14-12(13-8-4-5-9-13)15-10-11-6-2-1-3-7-11;6-3-1-5-2-4(3)7/h1-5,11-12,22-23H,6-7H2,(H,17,19)(H2,16,18,20);1-7H,8-10H2;3-7H,1-2H2/t11-,12+;;3-,4+. The smallest absolute Gasteiger partial charge is 0.410 e. The number of β-amino-alcohol motifs (C(OH)–C–C–N with tert-alkyl or cyclic N) is 4. The number of fused-ring (bicyclic) bond motifs is 1. The van der Waals surface area contributed by atoms with Gasteiger partial charge in [0.2, 0.25) is 5.95 Å². The maximum atomic E-state index is 11.5. The number of nitrogens with zero attached hydrogens (tertiary/aromatic N) is 5. The van der Waals surface area contributed by atoms with Crippen LogP contribution >= 0.6 is 0 Å². The van der Waals surface area contributed by atoms with Crippen LogP contribution in [0.2, 0.25) is 0 Å². The summed E-state index contributed by atoms with van der Waals surface area (Å²) in [6.07, 6.45) is 6.22. The molecule has 14 heteroatoms. The van der Waals surface area contributed by atoms with E-state index in [4.69, 9.17) is 20.7 Å². The number of anilines is 2. The van der Waals surface area contributed by atoms with Gasteiger partial charge in [-0.3, -0.25) is 0 Å². The lowest BCUT2D eigenvalue weighted by atomic mass is 10.1. The van der Waals surface area contributed by atoms with Gasteiger partial charge in [0.1, 0.15) is 12.3 Å². The number of ether oxygens (including phenoxy) is 1. The van der Waals surface area contributed by atoms with Crippen molar-refractivity contribution in [2.75, 3.05) is 49.9 Å². The number of carbonyl (C=O) groups is 1. The van der Waals surface area contributed by atoms with Crippen molar-refractivity contribution in [1.82, 2.24) is 30.2 Å². The lowest BCUT2D eigenvalue weighted by molar-refractivity contribution is 0.0572. The highest BCUT2D eigenvalue weighted by Crippen LogP contribution is 2.35. The molecule has 3 aromatic heterocycles. The van der Waals surface area contributed by atoms with Crippen molar-refractivity contribution in [1.29, 1.82) is 0 Å². The molecular weight excluding hydrogens is 580 g/mol. The van der Waals surface area contributed by atoms with Gasteiger partial charge < -0.3 is 51.0 Å². The Morgan fingerprint density at radius 2 is 1.58 bits per heavy atom. The van der Waals surface area contributed by atoms with Crippen LogP contribution in [0, 0.1) is 0 Å². The summed E-state index contributed by atoms with van der Waals surface area (Å²) in [4.78, 5) is 30.7. The average Bonchev–Trinajstić information content (AvgIpc) is 3.87. The molecule has 2 fully saturated rings. The summed E-state index contributed by atoms with van der Waals surface area (Å²) >= 11 is 0. The Morgan fingerprint density at radius 1 is 0.911 bits per heavy atom. The molecule has 45 heavy (non-hydrogen) atoms. The van der Waals surface area contributed by atoms with E-state index in [2.05, 4.69) is 25.3 Å². The number of pyridine rings is 1. The molecule has 238 valence electrons. The number of aliphatic hydroxyl groups excluding tert-OH is 4. The zero-order valence-electron chi connectivity index (χ0n) is 24.6. The quantitative estimate of drug-likeness (QED) is 0.157. The van der Waals surface area contributed by atoms with Crippen LogP contribution in [0.15, 0.2) is 73.2 Å². The summed E-state index contributed by atoms with van der Waals surface area (Å²) in [6.45, 7) is 3.47. The van der Waals surface area contributed by atoms with Crippen molar-refractivity contribution < 1.29 is 30.0 Å². The molecular formula is C31H38N8O6. The number of H-pyrrole nitrogens is 1. The van der Waals surface area contributed by atoms with E-state index in [9.17, 15) is 15.0 Å². The number of benzene rings is 1. The summed E-state index contributed by atoms with van der Waals surface area (Å²) in [5, 5.41) is 40.7. The highest BCUT2D eigenvalue weighted by Gasteiger charge is 2.31. The summed E-state index contributed by atoms with van der Waals surface area (Å²) < 4.78 is 5.16. The zero-order valence-corrected chi connectivity index (χ0v) is 24.6. The Labute approximate surface area is 259 Å². The molecule has 2 saturated heterocycles. The van der Waals surface area contributed by atoms with Crippen LogP contribution in [0.4, 0.5) is 16.4 Å². The van der Waals surface area contributed by atoms with Crippen LogP contribution in [0.3, 0.4) is 0 Å². The van der Waals surface area contributed by atoms with Crippen molar-refractivity contribution in [3.8, 4) is 11.3 Å². The Morgan fingerprint density at radius 3 is 2.20 bits per heavy atom. The molecule has 3 aliphatic rings. The largest absolute Gasteiger partial charge is 0.445 e. The van der Waals surface area contributed by atoms with Gasteiger partial charge in [0.25, 0.3) is 0 Å². The van der Waals surface area contributed by atoms with Crippen LogP contribution < -0.4 is 16.0 Å². The second kappa shape index (κ2) is 14.9. The second-order valence-corrected chi connectivity index (χ2v) is 10.8. The Balaban J connectivity index is 0.000000155. The third kappa shape index (κ3) is 8.12. The maximum absolute atomic E-state index is 11.5. The maximum Gasteiger partial charge on any atom is 0.410 e. The number of aromatic amines is 1. The first kappa shape index (κ1) is 31.8. The Hall–Kier alpha value is -4.60. The minimum Gasteiger partial charge on any atom is -0.445 e. The highest BCUT2D eigenvalue weighted by atomic mass is 16.6. The fourth-order valence-corrected chi connectivity index (χ4v) is 5.08. The molecule has 0 bridgehead atoms. The number of rotatable bonds is 4. The molecule has 4 aromatic rings. The third-order valence-electron chi connectivity index (χ3n) is 7.53. The first-order valence-corrected chi connectivity index (χ1v) is 14.6. The Bertz CT molecular complexity index is 1560. The number of nitrogen functional groups attached to an aromatic ring is 1. The van der Waals surface area contributed by atoms with E-state index >= 15 is 0 Å². The van der Waals surface area contributed by atoms with Crippen LogP contribution in [-0.2, 0) is 11.3 Å². The normalized spacial score (nSPS) is 22.1. The molecule has 1 aromatic carbocycles. The van der Waals surface area contributed by atoms with Crippen molar-refractivity contribution in [2.45, 2.75) is 31.0 Å². The van der Waals surface area contributed by atoms with Crippen molar-refractivity contribution >= 4 is 28.8 Å². The Kier molecular flexibility index (Phi) is 10.5. The lowest BCUT2D eigenvalue weighted by Gasteiger charge is -2.19. The van der Waals surface area contributed by atoms with E-state index in [1.807, 2.05) is 59.6 Å². The second-order valence-electron chi connectivity index (χ2n) is 10.8. The van der Waals surface area contributed by atoms with Gasteiger partial charge in [0, 0.05) is 63.4 Å². The summed E-state index contributed by atoms with van der Waals surface area (Å²) in [5.74, 6) is 0.203. The molecule has 3 aliphatic heterocycles. The van der Waals surface area contributed by atoms with E-state index < -0.39 is 24.4 Å². The van der Waals surface area contributed by atoms with Gasteiger partial charge in [-0.15, -0.1) is 0 Å². The molecule has 4 atom stereocenters. The first-order valence-electron chi connectivity index (χ1n) is 14.6. The molecule has 0 unspecified atom stereocenters. The molecule has 6 heterocycles. The van der Waals surface area contributed by atoms with Crippen molar-refractivity contribution in [3.63, 3.8) is 0 Å². The summed E-state index contributed by atoms with van der Waals surface area (Å²) in [7, 11) is 0. The van der Waals surface area contributed by atoms with Gasteiger partial charge in [-0.25, -0.2) is 19.7 Å². The van der Waals surface area contributed by atoms with Crippen LogP contribution in [0.5, 0.6) is 0 Å². The van der Waals surface area contributed by atoms with Gasteiger partial charge in [0.15, 0.2) is 0 Å². The molecule has 0 spiro atoms. The number of aromatic nitrogens is 4. The predicted molar refractivity (Wildman–Crippen MR) is 168 cm³/mol. The number of amides is 1. The first-order chi connectivity index (χ1) is 21.8. The van der Waals surface area contributed by atoms with Crippen LogP contribution in [-0.4, -0.2) is 115 Å². The fraction of sp³-hybridized carbons (Fsp3) is 0.355. The molecule has 8 N–H and O–H groups in total. The topological polar surface area (TPSA) is 206 Å². The molecule has 0 radical (unpaired) electrons. The molecule has 14 nitrogen and oxygen atoms in total.